The highest BCUT2D eigenvalue weighted by Crippen LogP contribution is 2.24. The maximum absolute atomic E-state index is 12.3. The highest BCUT2D eigenvalue weighted by molar-refractivity contribution is 6.31. The number of nitro benzene ring substituents is 1. The van der Waals surface area contributed by atoms with Crippen molar-refractivity contribution in [3.8, 4) is 0 Å². The van der Waals surface area contributed by atoms with Crippen LogP contribution in [0.3, 0.4) is 0 Å². The molecule has 0 radical (unpaired) electrons. The summed E-state index contributed by atoms with van der Waals surface area (Å²) in [6.45, 7) is 0.539. The molecule has 1 fully saturated rings. The molecule has 8 heteroatoms. The topological polar surface area (TPSA) is 101 Å². The summed E-state index contributed by atoms with van der Waals surface area (Å²) >= 11 is 5.79. The molecule has 0 aliphatic carbocycles. The number of non-ortho nitro benzene ring substituents is 1. The molecule has 1 saturated heterocycles. The van der Waals surface area contributed by atoms with Gasteiger partial charge in [0.25, 0.3) is 11.6 Å². The maximum atomic E-state index is 12.3. The third-order valence-corrected chi connectivity index (χ3v) is 3.62. The van der Waals surface area contributed by atoms with Crippen LogP contribution in [0.2, 0.25) is 5.02 Å². The Bertz CT molecular complexity index is 604. The number of benzene rings is 1. The minimum atomic E-state index is -0.940. The fourth-order valence-corrected chi connectivity index (χ4v) is 2.58. The minimum Gasteiger partial charge on any atom is -0.481 e. The van der Waals surface area contributed by atoms with E-state index in [0.29, 0.717) is 19.4 Å². The van der Waals surface area contributed by atoms with Crippen LogP contribution in [-0.2, 0) is 4.79 Å². The van der Waals surface area contributed by atoms with Crippen LogP contribution in [0.4, 0.5) is 5.69 Å². The Labute approximate surface area is 125 Å². The van der Waals surface area contributed by atoms with Gasteiger partial charge in [0.1, 0.15) is 0 Å². The molecule has 1 amide bonds. The van der Waals surface area contributed by atoms with E-state index in [4.69, 9.17) is 16.7 Å². The molecule has 1 heterocycles. The van der Waals surface area contributed by atoms with E-state index in [9.17, 15) is 19.7 Å². The van der Waals surface area contributed by atoms with Gasteiger partial charge in [0, 0.05) is 35.8 Å². The molecule has 2 rings (SSSR count). The first-order valence-electron chi connectivity index (χ1n) is 6.35. The van der Waals surface area contributed by atoms with Gasteiger partial charge in [-0.05, 0) is 18.9 Å². The summed E-state index contributed by atoms with van der Waals surface area (Å²) < 4.78 is 0. The van der Waals surface area contributed by atoms with Gasteiger partial charge < -0.3 is 10.0 Å². The van der Waals surface area contributed by atoms with Crippen LogP contribution in [0.1, 0.15) is 23.2 Å². The van der Waals surface area contributed by atoms with Crippen molar-refractivity contribution >= 4 is 29.2 Å². The molecular formula is C13H13ClN2O5. The molecule has 1 atom stereocenters. The van der Waals surface area contributed by atoms with Gasteiger partial charge in [-0.15, -0.1) is 0 Å². The zero-order chi connectivity index (χ0) is 15.6. The third kappa shape index (κ3) is 3.49. The first kappa shape index (κ1) is 15.2. The first-order chi connectivity index (χ1) is 9.88. The van der Waals surface area contributed by atoms with Crippen LogP contribution in [0.5, 0.6) is 0 Å². The average molecular weight is 313 g/mol. The molecule has 1 aromatic rings. The van der Waals surface area contributed by atoms with Crippen molar-refractivity contribution in [2.24, 2.45) is 5.92 Å². The van der Waals surface area contributed by atoms with Crippen LogP contribution in [0.25, 0.3) is 0 Å². The second-order valence-electron chi connectivity index (χ2n) is 4.88. The number of amides is 1. The Kier molecular flexibility index (Phi) is 4.42. The van der Waals surface area contributed by atoms with Gasteiger partial charge in [-0.3, -0.25) is 19.7 Å². The van der Waals surface area contributed by atoms with E-state index in [1.807, 2.05) is 0 Å². The highest BCUT2D eigenvalue weighted by Gasteiger charge is 2.29. The van der Waals surface area contributed by atoms with Crippen LogP contribution >= 0.6 is 11.6 Å². The first-order valence-corrected chi connectivity index (χ1v) is 6.73. The predicted octanol–water partition coefficient (Wildman–Crippen LogP) is 2.19. The maximum Gasteiger partial charge on any atom is 0.308 e. The zero-order valence-electron chi connectivity index (χ0n) is 11.0. The molecule has 0 bridgehead atoms. The summed E-state index contributed by atoms with van der Waals surface area (Å²) in [5.41, 5.74) is -0.169. The highest BCUT2D eigenvalue weighted by atomic mass is 35.5. The Balaban J connectivity index is 2.23. The van der Waals surface area contributed by atoms with E-state index in [0.717, 1.165) is 12.1 Å². The lowest BCUT2D eigenvalue weighted by Gasteiger charge is -2.30. The van der Waals surface area contributed by atoms with Gasteiger partial charge in [0.2, 0.25) is 0 Å². The molecule has 0 saturated carbocycles. The van der Waals surface area contributed by atoms with Gasteiger partial charge >= 0.3 is 5.97 Å². The third-order valence-electron chi connectivity index (χ3n) is 3.40. The van der Waals surface area contributed by atoms with Crippen LogP contribution in [0, 0.1) is 16.0 Å². The lowest BCUT2D eigenvalue weighted by Crippen LogP contribution is -2.42. The number of halogens is 1. The number of rotatable bonds is 3. The van der Waals surface area contributed by atoms with Crippen molar-refractivity contribution in [2.75, 3.05) is 13.1 Å². The van der Waals surface area contributed by atoms with Gasteiger partial charge in [0.05, 0.1) is 10.8 Å². The molecule has 7 nitrogen and oxygen atoms in total. The Morgan fingerprint density at radius 3 is 2.71 bits per heavy atom. The van der Waals surface area contributed by atoms with Gasteiger partial charge in [-0.2, -0.15) is 0 Å². The van der Waals surface area contributed by atoms with Crippen LogP contribution in [-0.4, -0.2) is 39.9 Å². The van der Waals surface area contributed by atoms with Gasteiger partial charge in [-0.1, -0.05) is 11.6 Å². The van der Waals surface area contributed by atoms with Crippen LogP contribution in [0.15, 0.2) is 18.2 Å². The van der Waals surface area contributed by atoms with Crippen molar-refractivity contribution in [3.05, 3.63) is 38.9 Å². The Morgan fingerprint density at radius 1 is 1.38 bits per heavy atom. The summed E-state index contributed by atoms with van der Waals surface area (Å²) in [5, 5.41) is 19.9. The van der Waals surface area contributed by atoms with Gasteiger partial charge in [0.15, 0.2) is 0 Å². The number of nitro groups is 1. The quantitative estimate of drug-likeness (QED) is 0.681. The second-order valence-corrected chi connectivity index (χ2v) is 5.32. The molecular weight excluding hydrogens is 300 g/mol. The molecule has 21 heavy (non-hydrogen) atoms. The molecule has 0 spiro atoms. The molecule has 0 aromatic heterocycles. The molecule has 1 aromatic carbocycles. The largest absolute Gasteiger partial charge is 0.481 e. The summed E-state index contributed by atoms with van der Waals surface area (Å²) in [6, 6.07) is 3.66. The fourth-order valence-electron chi connectivity index (χ4n) is 2.35. The van der Waals surface area contributed by atoms with E-state index in [1.165, 1.54) is 11.0 Å². The molecule has 1 aliphatic heterocycles. The molecule has 0 unspecified atom stereocenters. The van der Waals surface area contributed by atoms with E-state index >= 15 is 0 Å². The van der Waals surface area contributed by atoms with Crippen molar-refractivity contribution in [3.63, 3.8) is 0 Å². The number of piperidine rings is 1. The lowest BCUT2D eigenvalue weighted by molar-refractivity contribution is -0.384. The van der Waals surface area contributed by atoms with E-state index in [2.05, 4.69) is 0 Å². The van der Waals surface area contributed by atoms with E-state index in [1.54, 1.807) is 0 Å². The second kappa shape index (κ2) is 6.09. The lowest BCUT2D eigenvalue weighted by atomic mass is 9.97. The SMILES string of the molecule is O=C(O)[C@H]1CCCN(C(=O)c2cc(Cl)cc([N+](=O)[O-])c2)C1. The monoisotopic (exact) mass is 312 g/mol. The number of hydrogen-bond donors (Lipinski definition) is 1. The number of carbonyl (C=O) groups excluding carboxylic acids is 1. The van der Waals surface area contributed by atoms with Crippen LogP contribution < -0.4 is 0 Å². The van der Waals surface area contributed by atoms with Crippen molar-refractivity contribution in [1.29, 1.82) is 0 Å². The summed E-state index contributed by atoms with van der Waals surface area (Å²) in [6.07, 6.45) is 1.11. The van der Waals surface area contributed by atoms with Crippen molar-refractivity contribution in [1.82, 2.24) is 4.90 Å². The summed E-state index contributed by atoms with van der Waals surface area (Å²) in [5.74, 6) is -1.98. The fraction of sp³-hybridized carbons (Fsp3) is 0.385. The Hall–Kier alpha value is -2.15. The predicted molar refractivity (Wildman–Crippen MR) is 74.4 cm³/mol. The van der Waals surface area contributed by atoms with E-state index in [-0.39, 0.29) is 22.8 Å². The Morgan fingerprint density at radius 2 is 2.10 bits per heavy atom. The summed E-state index contributed by atoms with van der Waals surface area (Å²) in [7, 11) is 0. The normalized spacial score (nSPS) is 18.3. The molecule has 1 N–H and O–H groups in total. The van der Waals surface area contributed by atoms with Crippen molar-refractivity contribution < 1.29 is 19.6 Å². The van der Waals surface area contributed by atoms with Gasteiger partial charge in [-0.25, -0.2) is 0 Å². The molecule has 112 valence electrons. The summed E-state index contributed by atoms with van der Waals surface area (Å²) in [4.78, 5) is 34.9. The number of carbonyl (C=O) groups is 2. The average Bonchev–Trinajstić information content (AvgIpc) is 2.45. The number of hydrogen-bond acceptors (Lipinski definition) is 4. The van der Waals surface area contributed by atoms with Crippen molar-refractivity contribution in [2.45, 2.75) is 12.8 Å². The number of aliphatic carboxylic acids is 1. The minimum absolute atomic E-state index is 0.0966. The number of nitrogens with zero attached hydrogens (tertiary/aromatic N) is 2. The number of carboxylic acid groups (broad SMARTS) is 1. The van der Waals surface area contributed by atoms with E-state index < -0.39 is 22.7 Å². The number of carboxylic acids is 1. The molecule has 1 aliphatic rings. The number of likely N-dealkylation sites (tertiary alicyclic amines) is 1. The smallest absolute Gasteiger partial charge is 0.308 e. The zero-order valence-corrected chi connectivity index (χ0v) is 11.7. The standard InChI is InChI=1S/C13H13ClN2O5/c14-10-4-9(5-11(6-10)16(20)21)12(17)15-3-1-2-8(7-15)13(18)19/h4-6,8H,1-3,7H2,(H,18,19)/t8-/m0/s1.